The van der Waals surface area contributed by atoms with Crippen LogP contribution in [0.25, 0.3) is 15.9 Å². The summed E-state index contributed by atoms with van der Waals surface area (Å²) in [4.78, 5) is 29.0. The molecular weight excluding hydrogens is 462 g/mol. The second kappa shape index (κ2) is 7.62. The largest absolute Gasteiger partial charge is 0.295 e. The lowest BCUT2D eigenvalue weighted by Gasteiger charge is -2.20. The molecule has 8 heteroatoms. The molecule has 0 radical (unpaired) electrons. The van der Waals surface area contributed by atoms with Crippen LogP contribution < -0.4 is 4.90 Å². The van der Waals surface area contributed by atoms with Crippen LogP contribution in [-0.4, -0.2) is 25.3 Å². The fraction of sp³-hybridized carbons (Fsp3) is 0.0909. The Bertz CT molecular complexity index is 1380. The lowest BCUT2D eigenvalue weighted by atomic mass is 10.2. The fourth-order valence-electron chi connectivity index (χ4n) is 3.40. The molecule has 0 aliphatic carbocycles. The Morgan fingerprint density at radius 2 is 2.07 bits per heavy atom. The van der Waals surface area contributed by atoms with E-state index in [-0.39, 0.29) is 5.91 Å². The number of fused-ring (bicyclic) bond motifs is 2. The number of benzene rings is 1. The maximum atomic E-state index is 13.8. The van der Waals surface area contributed by atoms with Gasteiger partial charge in [0.05, 0.1) is 22.5 Å². The van der Waals surface area contributed by atoms with Gasteiger partial charge in [-0.25, -0.2) is 9.97 Å². The summed E-state index contributed by atoms with van der Waals surface area (Å²) in [6.07, 6.45) is 5.35. The van der Waals surface area contributed by atoms with Crippen LogP contribution in [-0.2, 0) is 6.54 Å². The average molecular weight is 478 g/mol. The summed E-state index contributed by atoms with van der Waals surface area (Å²) in [6.45, 7) is 2.23. The molecule has 5 aromatic rings. The summed E-state index contributed by atoms with van der Waals surface area (Å²) in [6, 6.07) is 15.4. The molecule has 1 aromatic carbocycles. The number of halogens is 1. The summed E-state index contributed by atoms with van der Waals surface area (Å²) < 4.78 is 3.82. The minimum Gasteiger partial charge on any atom is -0.295 e. The van der Waals surface area contributed by atoms with Crippen LogP contribution in [0.3, 0.4) is 0 Å². The van der Waals surface area contributed by atoms with Crippen molar-refractivity contribution in [1.82, 2.24) is 19.4 Å². The lowest BCUT2D eigenvalue weighted by molar-refractivity contribution is 0.0979. The van der Waals surface area contributed by atoms with Crippen LogP contribution in [0.4, 0.5) is 5.13 Å². The standard InChI is InChI=1S/C22H16BrN5OS/c1-14-20(27-10-3-2-6-19(27)25-14)21(29)28(13-15-5-4-9-24-12-15)22-26-17-8-7-16(23)11-18(17)30-22/h2-12H,13H2,1H3. The first-order valence-corrected chi connectivity index (χ1v) is 10.9. The fourth-order valence-corrected chi connectivity index (χ4v) is 4.92. The van der Waals surface area contributed by atoms with Gasteiger partial charge in [0.25, 0.3) is 5.91 Å². The predicted octanol–water partition coefficient (Wildman–Crippen LogP) is 5.26. The Labute approximate surface area is 185 Å². The quantitative estimate of drug-likeness (QED) is 0.354. The van der Waals surface area contributed by atoms with Gasteiger partial charge in [0.1, 0.15) is 11.3 Å². The number of aromatic nitrogens is 4. The molecule has 4 heterocycles. The van der Waals surface area contributed by atoms with E-state index in [1.54, 1.807) is 17.3 Å². The van der Waals surface area contributed by atoms with Crippen LogP contribution in [0.15, 0.2) is 71.6 Å². The van der Waals surface area contributed by atoms with E-state index in [9.17, 15) is 4.79 Å². The van der Waals surface area contributed by atoms with Crippen LogP contribution in [0.5, 0.6) is 0 Å². The Hall–Kier alpha value is -3.10. The summed E-state index contributed by atoms with van der Waals surface area (Å²) in [5.41, 5.74) is 3.75. The van der Waals surface area contributed by atoms with Gasteiger partial charge in [-0.15, -0.1) is 0 Å². The third kappa shape index (κ3) is 3.38. The molecule has 5 rings (SSSR count). The van der Waals surface area contributed by atoms with E-state index in [0.29, 0.717) is 23.1 Å². The highest BCUT2D eigenvalue weighted by Gasteiger charge is 2.26. The van der Waals surface area contributed by atoms with Crippen molar-refractivity contribution in [3.05, 3.63) is 88.5 Å². The number of rotatable bonds is 4. The first-order valence-electron chi connectivity index (χ1n) is 9.31. The molecule has 0 saturated heterocycles. The van der Waals surface area contributed by atoms with Gasteiger partial charge in [0, 0.05) is 23.1 Å². The van der Waals surface area contributed by atoms with Crippen molar-refractivity contribution < 1.29 is 4.79 Å². The molecule has 0 saturated carbocycles. The number of thiazole rings is 1. The summed E-state index contributed by atoms with van der Waals surface area (Å²) in [7, 11) is 0. The molecule has 30 heavy (non-hydrogen) atoms. The monoisotopic (exact) mass is 477 g/mol. The van der Waals surface area contributed by atoms with E-state index >= 15 is 0 Å². The van der Waals surface area contributed by atoms with E-state index in [1.165, 1.54) is 11.3 Å². The second-order valence-corrected chi connectivity index (χ2v) is 8.76. The van der Waals surface area contributed by atoms with E-state index in [2.05, 4.69) is 25.9 Å². The van der Waals surface area contributed by atoms with Gasteiger partial charge >= 0.3 is 0 Å². The molecule has 0 aliphatic rings. The van der Waals surface area contributed by atoms with Crippen molar-refractivity contribution in [2.24, 2.45) is 0 Å². The van der Waals surface area contributed by atoms with Gasteiger partial charge in [-0.05, 0) is 48.9 Å². The zero-order valence-corrected chi connectivity index (χ0v) is 18.4. The zero-order valence-electron chi connectivity index (χ0n) is 16.0. The zero-order chi connectivity index (χ0) is 20.7. The van der Waals surface area contributed by atoms with Crippen LogP contribution >= 0.6 is 27.3 Å². The Kier molecular flexibility index (Phi) is 4.80. The first kappa shape index (κ1) is 18.9. The van der Waals surface area contributed by atoms with E-state index < -0.39 is 0 Å². The Morgan fingerprint density at radius 3 is 2.90 bits per heavy atom. The average Bonchev–Trinajstić information content (AvgIpc) is 3.31. The van der Waals surface area contributed by atoms with Crippen LogP contribution in [0.1, 0.15) is 21.7 Å². The van der Waals surface area contributed by atoms with Gasteiger partial charge in [0.15, 0.2) is 5.13 Å². The van der Waals surface area contributed by atoms with E-state index in [0.717, 1.165) is 25.9 Å². The first-order chi connectivity index (χ1) is 14.6. The smallest absolute Gasteiger partial charge is 0.279 e. The van der Waals surface area contributed by atoms with Crippen molar-refractivity contribution in [3.63, 3.8) is 0 Å². The maximum absolute atomic E-state index is 13.8. The summed E-state index contributed by atoms with van der Waals surface area (Å²) >= 11 is 5.00. The van der Waals surface area contributed by atoms with Crippen molar-refractivity contribution in [3.8, 4) is 0 Å². The number of carbonyl (C=O) groups excluding carboxylic acids is 1. The van der Waals surface area contributed by atoms with E-state index in [1.807, 2.05) is 66.1 Å². The van der Waals surface area contributed by atoms with Gasteiger partial charge in [-0.2, -0.15) is 0 Å². The van der Waals surface area contributed by atoms with Crippen LogP contribution in [0.2, 0.25) is 0 Å². The number of anilines is 1. The number of imidazole rings is 1. The predicted molar refractivity (Wildman–Crippen MR) is 122 cm³/mol. The number of amides is 1. The molecule has 0 aliphatic heterocycles. The minimum absolute atomic E-state index is 0.145. The third-order valence-electron chi connectivity index (χ3n) is 4.79. The second-order valence-electron chi connectivity index (χ2n) is 6.84. The molecule has 0 spiro atoms. The molecule has 0 bridgehead atoms. The molecule has 6 nitrogen and oxygen atoms in total. The molecular formula is C22H16BrN5OS. The highest BCUT2D eigenvalue weighted by molar-refractivity contribution is 9.10. The summed E-state index contributed by atoms with van der Waals surface area (Å²) in [5.74, 6) is -0.145. The van der Waals surface area contributed by atoms with E-state index in [4.69, 9.17) is 4.98 Å². The number of pyridine rings is 2. The minimum atomic E-state index is -0.145. The molecule has 0 atom stereocenters. The van der Waals surface area contributed by atoms with Crippen molar-refractivity contribution in [2.45, 2.75) is 13.5 Å². The molecule has 148 valence electrons. The molecule has 0 N–H and O–H groups in total. The lowest BCUT2D eigenvalue weighted by Crippen LogP contribution is -2.31. The number of carbonyl (C=O) groups is 1. The highest BCUT2D eigenvalue weighted by Crippen LogP contribution is 2.33. The van der Waals surface area contributed by atoms with Crippen molar-refractivity contribution in [2.75, 3.05) is 4.90 Å². The van der Waals surface area contributed by atoms with Gasteiger partial charge in [0.2, 0.25) is 0 Å². The summed E-state index contributed by atoms with van der Waals surface area (Å²) in [5, 5.41) is 0.641. The van der Waals surface area contributed by atoms with Gasteiger partial charge < -0.3 is 0 Å². The SMILES string of the molecule is Cc1nc2ccccn2c1C(=O)N(Cc1cccnc1)c1nc2ccc(Br)cc2s1. The van der Waals surface area contributed by atoms with Gasteiger partial charge in [-0.3, -0.25) is 19.1 Å². The Morgan fingerprint density at radius 1 is 1.17 bits per heavy atom. The topological polar surface area (TPSA) is 63.4 Å². The molecule has 0 fully saturated rings. The van der Waals surface area contributed by atoms with Crippen molar-refractivity contribution in [1.29, 1.82) is 0 Å². The third-order valence-corrected chi connectivity index (χ3v) is 6.32. The maximum Gasteiger partial charge on any atom is 0.279 e. The van der Waals surface area contributed by atoms with Crippen LogP contribution in [0, 0.1) is 6.92 Å². The number of nitrogens with zero attached hydrogens (tertiary/aromatic N) is 5. The van der Waals surface area contributed by atoms with Crippen molar-refractivity contribution >= 4 is 54.2 Å². The van der Waals surface area contributed by atoms with Gasteiger partial charge in [-0.1, -0.05) is 39.4 Å². The number of hydrogen-bond donors (Lipinski definition) is 0. The highest BCUT2D eigenvalue weighted by atomic mass is 79.9. The molecule has 0 unspecified atom stereocenters. The normalized spacial score (nSPS) is 11.3. The number of hydrogen-bond acceptors (Lipinski definition) is 5. The molecule has 1 amide bonds. The Balaban J connectivity index is 1.64. The number of aryl methyl sites for hydroxylation is 1. The molecule has 4 aromatic heterocycles.